The lowest BCUT2D eigenvalue weighted by molar-refractivity contribution is 0.691. The van der Waals surface area contributed by atoms with Crippen molar-refractivity contribution in [2.24, 2.45) is 0 Å². The van der Waals surface area contributed by atoms with Gasteiger partial charge in [-0.2, -0.15) is 5.10 Å². The number of anilines is 1. The molecule has 0 saturated carbocycles. The third-order valence-corrected chi connectivity index (χ3v) is 2.89. The third-order valence-electron chi connectivity index (χ3n) is 2.89. The van der Waals surface area contributed by atoms with Gasteiger partial charge in [0, 0.05) is 5.56 Å². The highest BCUT2D eigenvalue weighted by molar-refractivity contribution is 5.38. The molecule has 0 radical (unpaired) electrons. The molecule has 84 valence electrons. The summed E-state index contributed by atoms with van der Waals surface area (Å²) in [6.45, 7) is 4.89. The maximum absolute atomic E-state index is 5.94. The van der Waals surface area contributed by atoms with Gasteiger partial charge in [-0.3, -0.25) is 0 Å². The van der Waals surface area contributed by atoms with Crippen LogP contribution in [0.1, 0.15) is 23.6 Å². The van der Waals surface area contributed by atoms with Crippen molar-refractivity contribution in [1.82, 2.24) is 9.78 Å². The standard InChI is InChI=1S/C13H17N3/c1-3-11-6-4-5-7-12(11)9-16-13(14)10(2)8-15-16/h4-8H,3,9,14H2,1-2H3. The van der Waals surface area contributed by atoms with Gasteiger partial charge in [-0.25, -0.2) is 4.68 Å². The molecule has 0 unspecified atom stereocenters. The van der Waals surface area contributed by atoms with Gasteiger partial charge in [0.05, 0.1) is 12.7 Å². The highest BCUT2D eigenvalue weighted by Crippen LogP contribution is 2.15. The molecule has 0 fully saturated rings. The molecule has 0 saturated heterocycles. The van der Waals surface area contributed by atoms with Gasteiger partial charge in [-0.05, 0) is 24.5 Å². The number of hydrogen-bond donors (Lipinski definition) is 1. The van der Waals surface area contributed by atoms with E-state index in [0.717, 1.165) is 24.3 Å². The van der Waals surface area contributed by atoms with Crippen molar-refractivity contribution < 1.29 is 0 Å². The van der Waals surface area contributed by atoms with E-state index in [1.807, 2.05) is 17.8 Å². The van der Waals surface area contributed by atoms with Gasteiger partial charge in [0.15, 0.2) is 0 Å². The van der Waals surface area contributed by atoms with Crippen LogP contribution in [0, 0.1) is 6.92 Å². The molecule has 1 aromatic carbocycles. The third kappa shape index (κ3) is 1.94. The second kappa shape index (κ2) is 4.39. The molecule has 0 bridgehead atoms. The van der Waals surface area contributed by atoms with Crippen LogP contribution in [0.25, 0.3) is 0 Å². The Morgan fingerprint density at radius 3 is 2.50 bits per heavy atom. The molecule has 0 aliphatic rings. The van der Waals surface area contributed by atoms with E-state index in [4.69, 9.17) is 5.73 Å². The van der Waals surface area contributed by atoms with Crippen molar-refractivity contribution in [3.05, 3.63) is 47.2 Å². The molecule has 16 heavy (non-hydrogen) atoms. The number of rotatable bonds is 3. The largest absolute Gasteiger partial charge is 0.384 e. The Labute approximate surface area is 95.9 Å². The molecular formula is C13H17N3. The van der Waals surface area contributed by atoms with Crippen molar-refractivity contribution in [2.75, 3.05) is 5.73 Å². The fourth-order valence-electron chi connectivity index (χ4n) is 1.83. The first-order valence-electron chi connectivity index (χ1n) is 5.57. The van der Waals surface area contributed by atoms with Gasteiger partial charge in [0.25, 0.3) is 0 Å². The molecule has 0 aliphatic carbocycles. The van der Waals surface area contributed by atoms with Gasteiger partial charge in [0.1, 0.15) is 5.82 Å². The molecule has 3 heteroatoms. The second-order valence-corrected chi connectivity index (χ2v) is 3.99. The Bertz CT molecular complexity index is 486. The molecule has 2 rings (SSSR count). The summed E-state index contributed by atoms with van der Waals surface area (Å²) in [6.07, 6.45) is 2.85. The molecule has 0 spiro atoms. The fraction of sp³-hybridized carbons (Fsp3) is 0.308. The summed E-state index contributed by atoms with van der Waals surface area (Å²) in [7, 11) is 0. The van der Waals surface area contributed by atoms with Crippen LogP contribution in [-0.4, -0.2) is 9.78 Å². The van der Waals surface area contributed by atoms with E-state index in [1.165, 1.54) is 11.1 Å². The van der Waals surface area contributed by atoms with Crippen LogP contribution in [0.4, 0.5) is 5.82 Å². The van der Waals surface area contributed by atoms with Crippen LogP contribution in [-0.2, 0) is 13.0 Å². The number of hydrogen-bond acceptors (Lipinski definition) is 2. The van der Waals surface area contributed by atoms with Crippen molar-refractivity contribution in [3.63, 3.8) is 0 Å². The van der Waals surface area contributed by atoms with E-state index in [9.17, 15) is 0 Å². The predicted molar refractivity (Wildman–Crippen MR) is 66.3 cm³/mol. The minimum absolute atomic E-state index is 0.754. The first-order chi connectivity index (χ1) is 7.72. The van der Waals surface area contributed by atoms with Crippen LogP contribution >= 0.6 is 0 Å². The average molecular weight is 215 g/mol. The first kappa shape index (κ1) is 10.7. The number of nitrogens with two attached hydrogens (primary N) is 1. The number of aromatic nitrogens is 2. The lowest BCUT2D eigenvalue weighted by Gasteiger charge is -2.09. The topological polar surface area (TPSA) is 43.8 Å². The van der Waals surface area contributed by atoms with Crippen LogP contribution in [0.15, 0.2) is 30.5 Å². The Hall–Kier alpha value is -1.77. The van der Waals surface area contributed by atoms with Gasteiger partial charge in [0.2, 0.25) is 0 Å². The summed E-state index contributed by atoms with van der Waals surface area (Å²) in [5.41, 5.74) is 9.63. The minimum atomic E-state index is 0.754. The van der Waals surface area contributed by atoms with E-state index >= 15 is 0 Å². The van der Waals surface area contributed by atoms with E-state index in [1.54, 1.807) is 0 Å². The summed E-state index contributed by atoms with van der Waals surface area (Å²) in [6, 6.07) is 8.41. The Kier molecular flexibility index (Phi) is 2.95. The maximum Gasteiger partial charge on any atom is 0.124 e. The average Bonchev–Trinajstić information content (AvgIpc) is 2.62. The SMILES string of the molecule is CCc1ccccc1Cn1ncc(C)c1N. The number of aryl methyl sites for hydroxylation is 2. The number of nitrogens with zero attached hydrogens (tertiary/aromatic N) is 2. The normalized spacial score (nSPS) is 10.6. The molecule has 1 aromatic heterocycles. The molecule has 2 aromatic rings. The lowest BCUT2D eigenvalue weighted by atomic mass is 10.1. The van der Waals surface area contributed by atoms with Gasteiger partial charge >= 0.3 is 0 Å². The zero-order chi connectivity index (χ0) is 11.5. The molecule has 0 amide bonds. The molecule has 2 N–H and O–H groups in total. The predicted octanol–water partition coefficient (Wildman–Crippen LogP) is 2.38. The minimum Gasteiger partial charge on any atom is -0.384 e. The summed E-state index contributed by atoms with van der Waals surface area (Å²) in [5, 5.41) is 4.28. The van der Waals surface area contributed by atoms with E-state index in [-0.39, 0.29) is 0 Å². The number of benzene rings is 1. The summed E-state index contributed by atoms with van der Waals surface area (Å²) in [5.74, 6) is 0.755. The summed E-state index contributed by atoms with van der Waals surface area (Å²) in [4.78, 5) is 0. The summed E-state index contributed by atoms with van der Waals surface area (Å²) >= 11 is 0. The van der Waals surface area contributed by atoms with Crippen LogP contribution < -0.4 is 5.73 Å². The zero-order valence-corrected chi connectivity index (χ0v) is 9.77. The van der Waals surface area contributed by atoms with Crippen LogP contribution in [0.2, 0.25) is 0 Å². The maximum atomic E-state index is 5.94. The van der Waals surface area contributed by atoms with Gasteiger partial charge in [-0.15, -0.1) is 0 Å². The quantitative estimate of drug-likeness (QED) is 0.854. The second-order valence-electron chi connectivity index (χ2n) is 3.99. The Morgan fingerprint density at radius 1 is 1.25 bits per heavy atom. The molecule has 0 aliphatic heterocycles. The van der Waals surface area contributed by atoms with E-state index < -0.39 is 0 Å². The van der Waals surface area contributed by atoms with Crippen molar-refractivity contribution in [1.29, 1.82) is 0 Å². The first-order valence-corrected chi connectivity index (χ1v) is 5.57. The van der Waals surface area contributed by atoms with Gasteiger partial charge in [-0.1, -0.05) is 31.2 Å². The fourth-order valence-corrected chi connectivity index (χ4v) is 1.83. The van der Waals surface area contributed by atoms with E-state index in [2.05, 4.69) is 36.3 Å². The van der Waals surface area contributed by atoms with Crippen LogP contribution in [0.3, 0.4) is 0 Å². The highest BCUT2D eigenvalue weighted by Gasteiger charge is 2.05. The Balaban J connectivity index is 2.30. The summed E-state index contributed by atoms with van der Waals surface area (Å²) < 4.78 is 1.85. The van der Waals surface area contributed by atoms with Gasteiger partial charge < -0.3 is 5.73 Å². The highest BCUT2D eigenvalue weighted by atomic mass is 15.3. The molecule has 1 heterocycles. The van der Waals surface area contributed by atoms with Crippen molar-refractivity contribution in [2.45, 2.75) is 26.8 Å². The number of nitrogen functional groups attached to an aromatic ring is 1. The smallest absolute Gasteiger partial charge is 0.124 e. The van der Waals surface area contributed by atoms with Crippen molar-refractivity contribution in [3.8, 4) is 0 Å². The van der Waals surface area contributed by atoms with E-state index in [0.29, 0.717) is 0 Å². The van der Waals surface area contributed by atoms with Crippen LogP contribution in [0.5, 0.6) is 0 Å². The molecule has 0 atom stereocenters. The Morgan fingerprint density at radius 2 is 1.94 bits per heavy atom. The molecule has 3 nitrogen and oxygen atoms in total. The lowest BCUT2D eigenvalue weighted by Crippen LogP contribution is -2.07. The molecular weight excluding hydrogens is 198 g/mol. The zero-order valence-electron chi connectivity index (χ0n) is 9.77. The monoisotopic (exact) mass is 215 g/mol. The van der Waals surface area contributed by atoms with Crippen molar-refractivity contribution >= 4 is 5.82 Å².